The Bertz CT molecular complexity index is 293. The third-order valence-electron chi connectivity index (χ3n) is 2.44. The number of carbonyl (C=O) groups excluding carboxylic acids is 1. The molecule has 0 aliphatic heterocycles. The van der Waals surface area contributed by atoms with E-state index in [0.29, 0.717) is 6.61 Å². The summed E-state index contributed by atoms with van der Waals surface area (Å²) in [6.07, 6.45) is 1.60. The van der Waals surface area contributed by atoms with E-state index in [4.69, 9.17) is 4.74 Å². The average Bonchev–Trinajstić information content (AvgIpc) is 2.27. The smallest absolute Gasteiger partial charge is 0.309 e. The molecular weight excluding hydrogens is 188 g/mol. The zero-order chi connectivity index (χ0) is 11.1. The fraction of sp³-hybridized carbons (Fsp3) is 0.462. The second-order valence-electron chi connectivity index (χ2n) is 3.55. The van der Waals surface area contributed by atoms with Gasteiger partial charge in [-0.3, -0.25) is 4.79 Å². The lowest BCUT2D eigenvalue weighted by atomic mass is 9.97. The second kappa shape index (κ2) is 6.23. The van der Waals surface area contributed by atoms with Crippen molar-refractivity contribution in [1.82, 2.24) is 0 Å². The van der Waals surface area contributed by atoms with Crippen LogP contribution in [0.25, 0.3) is 0 Å². The van der Waals surface area contributed by atoms with Gasteiger partial charge < -0.3 is 4.74 Å². The SMILES string of the molecule is CCOC(=O)C(CC)Cc1ccccc1. The molecule has 0 spiro atoms. The molecule has 1 rings (SSSR count). The first-order valence-electron chi connectivity index (χ1n) is 5.48. The van der Waals surface area contributed by atoms with Crippen molar-refractivity contribution >= 4 is 5.97 Å². The molecule has 1 unspecified atom stereocenters. The lowest BCUT2D eigenvalue weighted by Crippen LogP contribution is -2.19. The summed E-state index contributed by atoms with van der Waals surface area (Å²) in [6, 6.07) is 10.1. The first kappa shape index (κ1) is 11.8. The maximum Gasteiger partial charge on any atom is 0.309 e. The van der Waals surface area contributed by atoms with Crippen LogP contribution < -0.4 is 0 Å². The molecule has 2 nitrogen and oxygen atoms in total. The predicted octanol–water partition coefficient (Wildman–Crippen LogP) is 2.82. The molecule has 1 aromatic rings. The van der Waals surface area contributed by atoms with Crippen LogP contribution in [0.4, 0.5) is 0 Å². The van der Waals surface area contributed by atoms with Crippen LogP contribution in [0.2, 0.25) is 0 Å². The fourth-order valence-corrected chi connectivity index (χ4v) is 1.55. The summed E-state index contributed by atoms with van der Waals surface area (Å²) in [5, 5.41) is 0. The Morgan fingerprint density at radius 2 is 1.93 bits per heavy atom. The van der Waals surface area contributed by atoms with Gasteiger partial charge in [-0.05, 0) is 25.3 Å². The van der Waals surface area contributed by atoms with Crippen molar-refractivity contribution in [3.8, 4) is 0 Å². The highest BCUT2D eigenvalue weighted by molar-refractivity contribution is 5.72. The minimum atomic E-state index is -0.0798. The molecule has 0 radical (unpaired) electrons. The number of carbonyl (C=O) groups is 1. The Balaban J connectivity index is 2.58. The molecule has 1 aromatic carbocycles. The standard InChI is InChI=1S/C13H18O2/c1-3-12(13(14)15-4-2)10-11-8-6-5-7-9-11/h5-9,12H,3-4,10H2,1-2H3. The van der Waals surface area contributed by atoms with Crippen LogP contribution in [0.15, 0.2) is 30.3 Å². The number of benzene rings is 1. The number of hydrogen-bond donors (Lipinski definition) is 0. The quantitative estimate of drug-likeness (QED) is 0.692. The molecule has 0 saturated carbocycles. The molecule has 0 saturated heterocycles. The summed E-state index contributed by atoms with van der Waals surface area (Å²) >= 11 is 0. The zero-order valence-electron chi connectivity index (χ0n) is 9.40. The highest BCUT2D eigenvalue weighted by Crippen LogP contribution is 2.13. The van der Waals surface area contributed by atoms with Crippen LogP contribution in [-0.4, -0.2) is 12.6 Å². The third-order valence-corrected chi connectivity index (χ3v) is 2.44. The lowest BCUT2D eigenvalue weighted by Gasteiger charge is -2.13. The van der Waals surface area contributed by atoms with Gasteiger partial charge in [0.25, 0.3) is 0 Å². The summed E-state index contributed by atoms with van der Waals surface area (Å²) in [5.41, 5.74) is 1.19. The van der Waals surface area contributed by atoms with Crippen LogP contribution in [0.3, 0.4) is 0 Å². The van der Waals surface area contributed by atoms with Gasteiger partial charge in [-0.25, -0.2) is 0 Å². The molecule has 0 fully saturated rings. The first-order valence-corrected chi connectivity index (χ1v) is 5.48. The summed E-state index contributed by atoms with van der Waals surface area (Å²) in [7, 11) is 0. The van der Waals surface area contributed by atoms with E-state index in [2.05, 4.69) is 0 Å². The molecule has 0 aliphatic carbocycles. The minimum Gasteiger partial charge on any atom is -0.466 e. The van der Waals surface area contributed by atoms with E-state index in [1.807, 2.05) is 44.2 Å². The van der Waals surface area contributed by atoms with Crippen LogP contribution >= 0.6 is 0 Å². The third kappa shape index (κ3) is 3.74. The summed E-state index contributed by atoms with van der Waals surface area (Å²) < 4.78 is 5.03. The fourth-order valence-electron chi connectivity index (χ4n) is 1.55. The van der Waals surface area contributed by atoms with Gasteiger partial charge in [-0.15, -0.1) is 0 Å². The normalized spacial score (nSPS) is 12.1. The molecule has 15 heavy (non-hydrogen) atoms. The lowest BCUT2D eigenvalue weighted by molar-refractivity contribution is -0.148. The van der Waals surface area contributed by atoms with Gasteiger partial charge in [0.15, 0.2) is 0 Å². The number of rotatable bonds is 5. The molecule has 2 heteroatoms. The Hall–Kier alpha value is -1.31. The van der Waals surface area contributed by atoms with E-state index < -0.39 is 0 Å². The second-order valence-corrected chi connectivity index (χ2v) is 3.55. The van der Waals surface area contributed by atoms with Crippen molar-refractivity contribution in [2.45, 2.75) is 26.7 Å². The zero-order valence-corrected chi connectivity index (χ0v) is 9.40. The topological polar surface area (TPSA) is 26.3 Å². The Labute approximate surface area is 91.3 Å². The van der Waals surface area contributed by atoms with Crippen LogP contribution in [0.5, 0.6) is 0 Å². The molecule has 0 bridgehead atoms. The molecule has 0 amide bonds. The predicted molar refractivity (Wildman–Crippen MR) is 60.6 cm³/mol. The molecular formula is C13H18O2. The average molecular weight is 206 g/mol. The molecule has 82 valence electrons. The molecule has 0 aliphatic rings. The van der Waals surface area contributed by atoms with E-state index >= 15 is 0 Å². The number of esters is 1. The van der Waals surface area contributed by atoms with Gasteiger partial charge in [0, 0.05) is 0 Å². The van der Waals surface area contributed by atoms with E-state index in [0.717, 1.165) is 12.8 Å². The van der Waals surface area contributed by atoms with Crippen LogP contribution in [-0.2, 0) is 16.0 Å². The first-order chi connectivity index (χ1) is 7.27. The van der Waals surface area contributed by atoms with E-state index in [-0.39, 0.29) is 11.9 Å². The van der Waals surface area contributed by atoms with Crippen molar-refractivity contribution < 1.29 is 9.53 Å². The summed E-state index contributed by atoms with van der Waals surface area (Å²) in [6.45, 7) is 4.32. The van der Waals surface area contributed by atoms with Gasteiger partial charge in [0.05, 0.1) is 12.5 Å². The van der Waals surface area contributed by atoms with Gasteiger partial charge in [0.2, 0.25) is 0 Å². The Morgan fingerprint density at radius 1 is 1.27 bits per heavy atom. The van der Waals surface area contributed by atoms with Gasteiger partial charge in [-0.1, -0.05) is 37.3 Å². The van der Waals surface area contributed by atoms with E-state index in [9.17, 15) is 4.79 Å². The maximum absolute atomic E-state index is 11.6. The minimum absolute atomic E-state index is 0.00708. The van der Waals surface area contributed by atoms with Crippen LogP contribution in [0.1, 0.15) is 25.8 Å². The van der Waals surface area contributed by atoms with Crippen LogP contribution in [0, 0.1) is 5.92 Å². The van der Waals surface area contributed by atoms with Gasteiger partial charge in [0.1, 0.15) is 0 Å². The monoisotopic (exact) mass is 206 g/mol. The van der Waals surface area contributed by atoms with Gasteiger partial charge >= 0.3 is 5.97 Å². The van der Waals surface area contributed by atoms with Crippen molar-refractivity contribution in [3.05, 3.63) is 35.9 Å². The van der Waals surface area contributed by atoms with Crippen molar-refractivity contribution in [2.24, 2.45) is 5.92 Å². The summed E-state index contributed by atoms with van der Waals surface area (Å²) in [5.74, 6) is -0.0868. The molecule has 1 atom stereocenters. The largest absolute Gasteiger partial charge is 0.466 e. The van der Waals surface area contributed by atoms with E-state index in [1.165, 1.54) is 5.56 Å². The molecule has 0 aromatic heterocycles. The highest BCUT2D eigenvalue weighted by atomic mass is 16.5. The Morgan fingerprint density at radius 3 is 2.47 bits per heavy atom. The Kier molecular flexibility index (Phi) is 4.88. The number of ether oxygens (including phenoxy) is 1. The van der Waals surface area contributed by atoms with Crippen molar-refractivity contribution in [2.75, 3.05) is 6.61 Å². The maximum atomic E-state index is 11.6. The van der Waals surface area contributed by atoms with Crippen molar-refractivity contribution in [1.29, 1.82) is 0 Å². The van der Waals surface area contributed by atoms with Crippen molar-refractivity contribution in [3.63, 3.8) is 0 Å². The number of hydrogen-bond acceptors (Lipinski definition) is 2. The van der Waals surface area contributed by atoms with Gasteiger partial charge in [-0.2, -0.15) is 0 Å². The molecule has 0 heterocycles. The summed E-state index contributed by atoms with van der Waals surface area (Å²) in [4.78, 5) is 11.6. The highest BCUT2D eigenvalue weighted by Gasteiger charge is 2.17. The molecule has 0 N–H and O–H groups in total. The van der Waals surface area contributed by atoms with E-state index in [1.54, 1.807) is 0 Å².